The molecule has 0 aliphatic carbocycles. The molecule has 18 heavy (non-hydrogen) atoms. The number of hydrogen-bond acceptors (Lipinski definition) is 3. The molecule has 5 heteroatoms. The number of aromatic nitrogens is 2. The van der Waals surface area contributed by atoms with Gasteiger partial charge in [-0.15, -0.1) is 6.42 Å². The van der Waals surface area contributed by atoms with E-state index in [2.05, 4.69) is 11.0 Å². The molecule has 0 spiro atoms. The largest absolute Gasteiger partial charge is 0.274 e. The molecule has 0 aliphatic heterocycles. The van der Waals surface area contributed by atoms with Crippen LogP contribution in [-0.2, 0) is 16.9 Å². The fourth-order valence-electron chi connectivity index (χ4n) is 1.70. The Morgan fingerprint density at radius 3 is 2.72 bits per heavy atom. The van der Waals surface area contributed by atoms with Gasteiger partial charge in [0.05, 0.1) is 4.90 Å². The van der Waals surface area contributed by atoms with E-state index in [0.29, 0.717) is 5.69 Å². The van der Waals surface area contributed by atoms with E-state index in [9.17, 15) is 8.42 Å². The second-order valence-corrected chi connectivity index (χ2v) is 6.03. The van der Waals surface area contributed by atoms with Gasteiger partial charge in [0.15, 0.2) is 9.84 Å². The van der Waals surface area contributed by atoms with Crippen molar-refractivity contribution in [3.8, 4) is 23.5 Å². The topological polar surface area (TPSA) is 52.0 Å². The number of benzene rings is 1. The summed E-state index contributed by atoms with van der Waals surface area (Å²) >= 11 is 0. The van der Waals surface area contributed by atoms with Gasteiger partial charge in [0.1, 0.15) is 5.69 Å². The minimum Gasteiger partial charge on any atom is -0.274 e. The Morgan fingerprint density at radius 2 is 2.11 bits per heavy atom. The van der Waals surface area contributed by atoms with Gasteiger partial charge < -0.3 is 0 Å². The summed E-state index contributed by atoms with van der Waals surface area (Å²) in [5, 5.41) is 4.13. The summed E-state index contributed by atoms with van der Waals surface area (Å²) in [6, 6.07) is 6.67. The Bertz CT molecular complexity index is 737. The number of hydrogen-bond donors (Lipinski definition) is 0. The third-order valence-electron chi connectivity index (χ3n) is 2.54. The molecular weight excluding hydrogens is 248 g/mol. The van der Waals surface area contributed by atoms with Crippen LogP contribution in [0.4, 0.5) is 0 Å². The van der Waals surface area contributed by atoms with Gasteiger partial charge in [-0.1, -0.05) is 12.1 Å². The van der Waals surface area contributed by atoms with Gasteiger partial charge in [0.25, 0.3) is 0 Å². The molecular formula is C13H12N2O2S. The first-order valence-electron chi connectivity index (χ1n) is 5.22. The van der Waals surface area contributed by atoms with E-state index in [1.54, 1.807) is 36.1 Å². The molecule has 0 amide bonds. The average molecular weight is 260 g/mol. The first kappa shape index (κ1) is 12.4. The molecule has 0 atom stereocenters. The van der Waals surface area contributed by atoms with E-state index in [1.807, 2.05) is 6.07 Å². The van der Waals surface area contributed by atoms with Gasteiger partial charge in [-0.2, -0.15) is 5.10 Å². The molecule has 0 aliphatic rings. The number of nitrogens with zero attached hydrogens (tertiary/aromatic N) is 2. The third kappa shape index (κ3) is 2.29. The van der Waals surface area contributed by atoms with E-state index in [4.69, 9.17) is 6.42 Å². The van der Waals surface area contributed by atoms with Crippen LogP contribution in [0.3, 0.4) is 0 Å². The summed E-state index contributed by atoms with van der Waals surface area (Å²) in [7, 11) is -1.46. The first-order valence-corrected chi connectivity index (χ1v) is 7.11. The molecule has 92 valence electrons. The van der Waals surface area contributed by atoms with Gasteiger partial charge in [-0.3, -0.25) is 4.68 Å². The Morgan fingerprint density at radius 1 is 1.39 bits per heavy atom. The lowest BCUT2D eigenvalue weighted by molar-refractivity contribution is 0.602. The van der Waals surface area contributed by atoms with Gasteiger partial charge in [0, 0.05) is 25.1 Å². The molecule has 0 radical (unpaired) electrons. The monoisotopic (exact) mass is 260 g/mol. The Balaban J connectivity index is 2.62. The maximum atomic E-state index is 11.5. The summed E-state index contributed by atoms with van der Waals surface area (Å²) in [4.78, 5) is 0.270. The zero-order chi connectivity index (χ0) is 13.3. The van der Waals surface area contributed by atoms with Crippen LogP contribution in [0.25, 0.3) is 11.1 Å². The number of sulfone groups is 1. The van der Waals surface area contributed by atoms with Crippen molar-refractivity contribution in [3.63, 3.8) is 0 Å². The predicted octanol–water partition coefficient (Wildman–Crippen LogP) is 1.47. The van der Waals surface area contributed by atoms with Crippen molar-refractivity contribution >= 4 is 9.84 Å². The highest BCUT2D eigenvalue weighted by Gasteiger charge is 2.12. The fraction of sp³-hybridized carbons (Fsp3) is 0.154. The zero-order valence-corrected chi connectivity index (χ0v) is 10.9. The molecule has 0 bridgehead atoms. The molecule has 0 saturated heterocycles. The van der Waals surface area contributed by atoms with Crippen LogP contribution >= 0.6 is 0 Å². The Labute approximate surface area is 106 Å². The summed E-state index contributed by atoms with van der Waals surface area (Å²) in [6.07, 6.45) is 8.33. The van der Waals surface area contributed by atoms with Crippen LogP contribution in [0.1, 0.15) is 5.69 Å². The summed E-state index contributed by atoms with van der Waals surface area (Å²) < 4.78 is 24.6. The van der Waals surface area contributed by atoms with Crippen molar-refractivity contribution < 1.29 is 8.42 Å². The van der Waals surface area contributed by atoms with E-state index in [-0.39, 0.29) is 4.90 Å². The summed E-state index contributed by atoms with van der Waals surface area (Å²) in [6.45, 7) is 0. The van der Waals surface area contributed by atoms with Gasteiger partial charge in [-0.05, 0) is 23.6 Å². The van der Waals surface area contributed by atoms with Gasteiger partial charge in [0.2, 0.25) is 0 Å². The van der Waals surface area contributed by atoms with Crippen LogP contribution in [0.5, 0.6) is 0 Å². The van der Waals surface area contributed by atoms with Crippen LogP contribution in [0.2, 0.25) is 0 Å². The molecule has 0 unspecified atom stereocenters. The number of rotatable bonds is 2. The van der Waals surface area contributed by atoms with E-state index < -0.39 is 9.84 Å². The van der Waals surface area contributed by atoms with Crippen molar-refractivity contribution in [1.82, 2.24) is 9.78 Å². The highest BCUT2D eigenvalue weighted by Crippen LogP contribution is 2.24. The van der Waals surface area contributed by atoms with Crippen molar-refractivity contribution in [1.29, 1.82) is 0 Å². The van der Waals surface area contributed by atoms with Crippen molar-refractivity contribution in [2.75, 3.05) is 6.26 Å². The van der Waals surface area contributed by atoms with Crippen molar-refractivity contribution in [2.45, 2.75) is 4.90 Å². The second-order valence-electron chi connectivity index (χ2n) is 4.01. The van der Waals surface area contributed by atoms with Crippen LogP contribution < -0.4 is 0 Å². The molecule has 4 nitrogen and oxygen atoms in total. The second kappa shape index (κ2) is 4.31. The SMILES string of the molecule is C#Cc1nn(C)cc1-c1cccc(S(C)(=O)=O)c1. The molecule has 0 fully saturated rings. The molecule has 1 aromatic heterocycles. The van der Waals surface area contributed by atoms with Crippen molar-refractivity contribution in [3.05, 3.63) is 36.2 Å². The first-order chi connectivity index (χ1) is 8.41. The standard InChI is InChI=1S/C13H12N2O2S/c1-4-13-12(9-15(2)14-13)10-6-5-7-11(8-10)18(3,16)17/h1,5-9H,2-3H3. The zero-order valence-electron chi connectivity index (χ0n) is 10.1. The lowest BCUT2D eigenvalue weighted by atomic mass is 10.1. The highest BCUT2D eigenvalue weighted by atomic mass is 32.2. The summed E-state index contributed by atoms with van der Waals surface area (Å²) in [5.74, 6) is 2.49. The van der Waals surface area contributed by atoms with Gasteiger partial charge >= 0.3 is 0 Å². The maximum Gasteiger partial charge on any atom is 0.175 e. The number of aryl methyl sites for hydroxylation is 1. The highest BCUT2D eigenvalue weighted by molar-refractivity contribution is 7.90. The summed E-state index contributed by atoms with van der Waals surface area (Å²) in [5.41, 5.74) is 2.01. The van der Waals surface area contributed by atoms with Crippen molar-refractivity contribution in [2.24, 2.45) is 7.05 Å². The fourth-order valence-corrected chi connectivity index (χ4v) is 2.37. The Hall–Kier alpha value is -2.06. The lowest BCUT2D eigenvalue weighted by Crippen LogP contribution is -1.96. The van der Waals surface area contributed by atoms with E-state index in [1.165, 1.54) is 6.26 Å². The lowest BCUT2D eigenvalue weighted by Gasteiger charge is -2.02. The van der Waals surface area contributed by atoms with E-state index in [0.717, 1.165) is 11.1 Å². The molecule has 0 N–H and O–H groups in total. The molecule has 0 saturated carbocycles. The Kier molecular flexibility index (Phi) is 2.97. The maximum absolute atomic E-state index is 11.5. The quantitative estimate of drug-likeness (QED) is 0.768. The molecule has 2 rings (SSSR count). The normalized spacial score (nSPS) is 11.2. The van der Waals surface area contributed by atoms with E-state index >= 15 is 0 Å². The number of terminal acetylenes is 1. The average Bonchev–Trinajstić information content (AvgIpc) is 2.69. The minimum absolute atomic E-state index is 0.270. The predicted molar refractivity (Wildman–Crippen MR) is 69.7 cm³/mol. The smallest absolute Gasteiger partial charge is 0.175 e. The molecule has 1 aromatic carbocycles. The third-order valence-corrected chi connectivity index (χ3v) is 3.65. The molecule has 1 heterocycles. The van der Waals surface area contributed by atoms with Gasteiger partial charge in [-0.25, -0.2) is 8.42 Å². The van der Waals surface area contributed by atoms with Crippen LogP contribution in [0.15, 0.2) is 35.4 Å². The molecule has 2 aromatic rings. The minimum atomic E-state index is -3.22. The van der Waals surface area contributed by atoms with Crippen LogP contribution in [-0.4, -0.2) is 24.5 Å². The van der Waals surface area contributed by atoms with Crippen LogP contribution in [0, 0.1) is 12.3 Å².